The number of hydrogen-bond donors (Lipinski definition) is 1. The minimum Gasteiger partial charge on any atom is -0.351 e. The molecule has 2 rings (SSSR count). The molecule has 0 saturated carbocycles. The Hall–Kier alpha value is -0.570. The van der Waals surface area contributed by atoms with Gasteiger partial charge in [-0.1, -0.05) is 6.42 Å². The third-order valence-electron chi connectivity index (χ3n) is 2.72. The number of rotatable bonds is 2. The first-order valence-electron chi connectivity index (χ1n) is 4.86. The summed E-state index contributed by atoms with van der Waals surface area (Å²) in [7, 11) is 0. The van der Waals surface area contributed by atoms with Gasteiger partial charge >= 0.3 is 0 Å². The van der Waals surface area contributed by atoms with E-state index in [1.807, 2.05) is 0 Å². The molecule has 2 heterocycles. The molecule has 0 spiro atoms. The highest BCUT2D eigenvalue weighted by Crippen LogP contribution is 2.12. The van der Waals surface area contributed by atoms with Crippen LogP contribution in [0.1, 0.15) is 25.7 Å². The highest BCUT2D eigenvalue weighted by Gasteiger charge is 2.27. The molecular weight excluding hydrogens is 152 g/mol. The van der Waals surface area contributed by atoms with Gasteiger partial charge in [-0.2, -0.15) is 0 Å². The Balaban J connectivity index is 1.68. The van der Waals surface area contributed by atoms with Gasteiger partial charge in [-0.25, -0.2) is 0 Å². The van der Waals surface area contributed by atoms with E-state index >= 15 is 0 Å². The molecule has 1 amide bonds. The molecule has 0 aromatic heterocycles. The SMILES string of the molecule is O=C1C[C@@H](CN2CCCCC2)N1. The lowest BCUT2D eigenvalue weighted by Crippen LogP contribution is -2.54. The number of likely N-dealkylation sites (tertiary alicyclic amines) is 1. The number of piperidine rings is 1. The minimum absolute atomic E-state index is 0.219. The van der Waals surface area contributed by atoms with Crippen LogP contribution in [0.2, 0.25) is 0 Å². The zero-order valence-corrected chi connectivity index (χ0v) is 7.38. The van der Waals surface area contributed by atoms with Crippen LogP contribution in [0.25, 0.3) is 0 Å². The van der Waals surface area contributed by atoms with Crippen LogP contribution in [0.3, 0.4) is 0 Å². The summed E-state index contributed by atoms with van der Waals surface area (Å²) in [6.07, 6.45) is 4.80. The monoisotopic (exact) mass is 168 g/mol. The topological polar surface area (TPSA) is 32.3 Å². The van der Waals surface area contributed by atoms with E-state index in [1.54, 1.807) is 0 Å². The fourth-order valence-electron chi connectivity index (χ4n) is 1.99. The molecule has 12 heavy (non-hydrogen) atoms. The summed E-state index contributed by atoms with van der Waals surface area (Å²) in [4.78, 5) is 13.1. The summed E-state index contributed by atoms with van der Waals surface area (Å²) in [5.41, 5.74) is 0. The first-order chi connectivity index (χ1) is 5.84. The van der Waals surface area contributed by atoms with Crippen LogP contribution < -0.4 is 5.32 Å². The summed E-state index contributed by atoms with van der Waals surface area (Å²) >= 11 is 0. The van der Waals surface area contributed by atoms with E-state index in [1.165, 1.54) is 32.4 Å². The predicted octanol–water partition coefficient (Wildman–Crippen LogP) is 0.361. The van der Waals surface area contributed by atoms with Gasteiger partial charge in [0, 0.05) is 13.0 Å². The van der Waals surface area contributed by atoms with E-state index in [0.717, 1.165) is 13.0 Å². The maximum Gasteiger partial charge on any atom is 0.222 e. The fraction of sp³-hybridized carbons (Fsp3) is 0.889. The molecule has 0 aliphatic carbocycles. The van der Waals surface area contributed by atoms with Crippen LogP contribution in [-0.2, 0) is 4.79 Å². The predicted molar refractivity (Wildman–Crippen MR) is 46.8 cm³/mol. The normalized spacial score (nSPS) is 31.0. The van der Waals surface area contributed by atoms with Gasteiger partial charge in [0.15, 0.2) is 0 Å². The molecule has 3 heteroatoms. The molecule has 2 aliphatic heterocycles. The van der Waals surface area contributed by atoms with Crippen molar-refractivity contribution in [3.8, 4) is 0 Å². The van der Waals surface area contributed by atoms with Crippen LogP contribution >= 0.6 is 0 Å². The van der Waals surface area contributed by atoms with Crippen molar-refractivity contribution in [1.29, 1.82) is 0 Å². The Morgan fingerprint density at radius 3 is 2.58 bits per heavy atom. The van der Waals surface area contributed by atoms with Crippen LogP contribution in [0.4, 0.5) is 0 Å². The van der Waals surface area contributed by atoms with Crippen molar-refractivity contribution in [2.45, 2.75) is 31.7 Å². The zero-order chi connectivity index (χ0) is 8.39. The molecule has 0 unspecified atom stereocenters. The summed E-state index contributed by atoms with van der Waals surface area (Å²) in [5, 5.41) is 2.91. The number of hydrogen-bond acceptors (Lipinski definition) is 2. The van der Waals surface area contributed by atoms with E-state index in [2.05, 4.69) is 10.2 Å². The molecule has 1 N–H and O–H groups in total. The van der Waals surface area contributed by atoms with E-state index < -0.39 is 0 Å². The quantitative estimate of drug-likeness (QED) is 0.604. The fourth-order valence-corrected chi connectivity index (χ4v) is 1.99. The van der Waals surface area contributed by atoms with Gasteiger partial charge in [0.2, 0.25) is 5.91 Å². The van der Waals surface area contributed by atoms with Crippen molar-refractivity contribution in [2.24, 2.45) is 0 Å². The number of nitrogens with one attached hydrogen (secondary N) is 1. The van der Waals surface area contributed by atoms with Crippen LogP contribution in [-0.4, -0.2) is 36.5 Å². The van der Waals surface area contributed by atoms with E-state index in [-0.39, 0.29) is 5.91 Å². The highest BCUT2D eigenvalue weighted by molar-refractivity contribution is 5.82. The van der Waals surface area contributed by atoms with Crippen LogP contribution in [0.5, 0.6) is 0 Å². The van der Waals surface area contributed by atoms with E-state index in [9.17, 15) is 4.79 Å². The number of nitrogens with zero attached hydrogens (tertiary/aromatic N) is 1. The molecule has 1 atom stereocenters. The van der Waals surface area contributed by atoms with Gasteiger partial charge in [-0.05, 0) is 25.9 Å². The number of β-lactam (4-membered cyclic amide) rings is 1. The number of carbonyl (C=O) groups excluding carboxylic acids is 1. The van der Waals surface area contributed by atoms with Crippen molar-refractivity contribution in [1.82, 2.24) is 10.2 Å². The average Bonchev–Trinajstić information content (AvgIpc) is 2.04. The molecule has 0 aromatic rings. The summed E-state index contributed by atoms with van der Waals surface area (Å²) in [6, 6.07) is 0.454. The van der Waals surface area contributed by atoms with E-state index in [0.29, 0.717) is 6.04 Å². The van der Waals surface area contributed by atoms with Gasteiger partial charge in [0.25, 0.3) is 0 Å². The lowest BCUT2D eigenvalue weighted by molar-refractivity contribution is -0.128. The second kappa shape index (κ2) is 3.44. The molecular formula is C9H16N2O. The molecule has 0 aromatic carbocycles. The van der Waals surface area contributed by atoms with Crippen LogP contribution in [0, 0.1) is 0 Å². The average molecular weight is 168 g/mol. The van der Waals surface area contributed by atoms with Gasteiger partial charge < -0.3 is 10.2 Å². The minimum atomic E-state index is 0.219. The Kier molecular flexibility index (Phi) is 2.30. The maximum absolute atomic E-state index is 10.6. The smallest absolute Gasteiger partial charge is 0.222 e. The Labute approximate surface area is 73.1 Å². The molecule has 3 nitrogen and oxygen atoms in total. The van der Waals surface area contributed by atoms with Crippen molar-refractivity contribution in [2.75, 3.05) is 19.6 Å². The summed E-state index contributed by atoms with van der Waals surface area (Å²) < 4.78 is 0. The molecule has 0 radical (unpaired) electrons. The second-order valence-electron chi connectivity index (χ2n) is 3.83. The van der Waals surface area contributed by atoms with Gasteiger partial charge in [-0.15, -0.1) is 0 Å². The van der Waals surface area contributed by atoms with Crippen molar-refractivity contribution >= 4 is 5.91 Å². The lowest BCUT2D eigenvalue weighted by atomic mass is 10.0. The standard InChI is InChI=1S/C9H16N2O/c12-9-6-8(10-9)7-11-4-2-1-3-5-11/h8H,1-7H2,(H,10,12)/t8-/m0/s1. The largest absolute Gasteiger partial charge is 0.351 e. The molecule has 2 fully saturated rings. The molecule has 2 saturated heterocycles. The second-order valence-corrected chi connectivity index (χ2v) is 3.83. The van der Waals surface area contributed by atoms with Crippen molar-refractivity contribution < 1.29 is 4.79 Å². The Bertz CT molecular complexity index is 167. The van der Waals surface area contributed by atoms with Gasteiger partial charge in [-0.3, -0.25) is 4.79 Å². The Morgan fingerprint density at radius 1 is 1.33 bits per heavy atom. The zero-order valence-electron chi connectivity index (χ0n) is 7.38. The van der Waals surface area contributed by atoms with Crippen molar-refractivity contribution in [3.63, 3.8) is 0 Å². The lowest BCUT2D eigenvalue weighted by Gasteiger charge is -2.34. The van der Waals surface area contributed by atoms with Crippen LogP contribution in [0.15, 0.2) is 0 Å². The molecule has 0 bridgehead atoms. The third-order valence-corrected chi connectivity index (χ3v) is 2.72. The third kappa shape index (κ3) is 1.78. The van der Waals surface area contributed by atoms with Crippen molar-refractivity contribution in [3.05, 3.63) is 0 Å². The molecule has 2 aliphatic rings. The highest BCUT2D eigenvalue weighted by atomic mass is 16.2. The number of amides is 1. The molecule has 68 valence electrons. The number of carbonyl (C=O) groups is 1. The summed E-state index contributed by atoms with van der Waals surface area (Å²) in [5.74, 6) is 0.219. The van der Waals surface area contributed by atoms with Gasteiger partial charge in [0.1, 0.15) is 0 Å². The first kappa shape index (κ1) is 8.05. The van der Waals surface area contributed by atoms with Gasteiger partial charge in [0.05, 0.1) is 6.04 Å². The Morgan fingerprint density at radius 2 is 2.00 bits per heavy atom. The first-order valence-corrected chi connectivity index (χ1v) is 4.86. The van der Waals surface area contributed by atoms with E-state index in [4.69, 9.17) is 0 Å². The summed E-state index contributed by atoms with van der Waals surface area (Å²) in [6.45, 7) is 3.53. The maximum atomic E-state index is 10.6.